The highest BCUT2D eigenvalue weighted by Gasteiger charge is 2.24. The van der Waals surface area contributed by atoms with E-state index in [0.29, 0.717) is 19.3 Å². The van der Waals surface area contributed by atoms with Crippen LogP contribution in [0.25, 0.3) is 0 Å². The number of nitrogens with one attached hydrogen (secondary N) is 1. The molecule has 0 aliphatic carbocycles. The largest absolute Gasteiger partial charge is 0.462 e. The van der Waals surface area contributed by atoms with E-state index < -0.39 is 18.2 Å². The van der Waals surface area contributed by atoms with Gasteiger partial charge in [-0.15, -0.1) is 0 Å². The van der Waals surface area contributed by atoms with E-state index in [1.807, 2.05) is 18.2 Å². The lowest BCUT2D eigenvalue weighted by Gasteiger charge is -2.24. The number of ether oxygens (including phenoxy) is 1. The number of allylic oxidation sites excluding steroid dienone is 10. The molecule has 3 N–H and O–H groups in total. The molecule has 0 aromatic heterocycles. The zero-order valence-electron chi connectivity index (χ0n) is 41.0. The van der Waals surface area contributed by atoms with Crippen LogP contribution in [0.4, 0.5) is 0 Å². The molecule has 0 bridgehead atoms. The highest BCUT2D eigenvalue weighted by atomic mass is 16.5. The van der Waals surface area contributed by atoms with Crippen molar-refractivity contribution in [1.82, 2.24) is 5.32 Å². The Balaban J connectivity index is 4.63. The maximum atomic E-state index is 13.2. The number of carbonyl (C=O) groups excluding carboxylic acids is 2. The Hall–Kier alpha value is -2.44. The molecule has 0 radical (unpaired) electrons. The number of amides is 1. The standard InChI is InChI=1S/C56H101NO5/c1-4-7-10-13-16-19-22-25-28-31-34-37-40-43-46-49-56(61)62-52(47-44-41-38-35-32-29-26-23-20-17-14-11-8-5-2)50-55(60)57-53(51-58)54(59)48-45-42-39-36-33-30-27-24-21-18-15-12-9-6-3/h7,10,13,16,19,22,25,28-29,32,52-54,58-59H,4-6,8-9,11-12,14-15,17-18,20-21,23-24,26-27,30-31,33-51H2,1-3H3,(H,57,60)/b10-7+,16-13+,22-19+,28-25-,32-29+. The average molecular weight is 868 g/mol. The lowest BCUT2D eigenvalue weighted by Crippen LogP contribution is -2.46. The summed E-state index contributed by atoms with van der Waals surface area (Å²) in [6, 6.07) is -0.712. The Bertz CT molecular complexity index is 1110. The van der Waals surface area contributed by atoms with Gasteiger partial charge in [0.2, 0.25) is 5.91 Å². The average Bonchev–Trinajstić information content (AvgIpc) is 3.26. The fourth-order valence-corrected chi connectivity index (χ4v) is 7.91. The van der Waals surface area contributed by atoms with Gasteiger partial charge < -0.3 is 20.3 Å². The number of hydrogen-bond acceptors (Lipinski definition) is 5. The summed E-state index contributed by atoms with van der Waals surface area (Å²) in [5.41, 5.74) is 0. The molecule has 0 heterocycles. The molecule has 0 rings (SSSR count). The second-order valence-corrected chi connectivity index (χ2v) is 18.0. The van der Waals surface area contributed by atoms with Gasteiger partial charge in [0.05, 0.1) is 25.2 Å². The van der Waals surface area contributed by atoms with E-state index in [0.717, 1.165) is 96.3 Å². The van der Waals surface area contributed by atoms with Gasteiger partial charge in [0.1, 0.15) is 6.10 Å². The summed E-state index contributed by atoms with van der Waals surface area (Å²) in [4.78, 5) is 26.2. The second-order valence-electron chi connectivity index (χ2n) is 18.0. The van der Waals surface area contributed by atoms with Gasteiger partial charge in [-0.1, -0.05) is 236 Å². The second kappa shape index (κ2) is 49.6. The summed E-state index contributed by atoms with van der Waals surface area (Å²) in [6.45, 7) is 6.34. The Kier molecular flexibility index (Phi) is 47.6. The smallest absolute Gasteiger partial charge is 0.306 e. The summed E-state index contributed by atoms with van der Waals surface area (Å²) in [6.07, 6.45) is 61.3. The highest BCUT2D eigenvalue weighted by Crippen LogP contribution is 2.18. The molecule has 0 aliphatic rings. The first-order valence-corrected chi connectivity index (χ1v) is 26.6. The van der Waals surface area contributed by atoms with Gasteiger partial charge in [-0.3, -0.25) is 9.59 Å². The molecule has 0 fully saturated rings. The first kappa shape index (κ1) is 59.6. The summed E-state index contributed by atoms with van der Waals surface area (Å²) >= 11 is 0. The van der Waals surface area contributed by atoms with Crippen LogP contribution in [0.2, 0.25) is 0 Å². The lowest BCUT2D eigenvalue weighted by molar-refractivity contribution is -0.151. The van der Waals surface area contributed by atoms with Crippen LogP contribution < -0.4 is 5.32 Å². The molecule has 6 nitrogen and oxygen atoms in total. The van der Waals surface area contributed by atoms with E-state index in [9.17, 15) is 19.8 Å². The molecule has 0 spiro atoms. The van der Waals surface area contributed by atoms with Crippen LogP contribution in [-0.4, -0.2) is 46.9 Å². The summed E-state index contributed by atoms with van der Waals surface area (Å²) in [5, 5.41) is 23.8. The van der Waals surface area contributed by atoms with E-state index in [1.165, 1.54) is 116 Å². The van der Waals surface area contributed by atoms with Crippen molar-refractivity contribution in [3.63, 3.8) is 0 Å². The molecule has 0 aromatic rings. The predicted octanol–water partition coefficient (Wildman–Crippen LogP) is 16.0. The molecule has 3 unspecified atom stereocenters. The third-order valence-corrected chi connectivity index (χ3v) is 11.9. The van der Waals surface area contributed by atoms with Crippen molar-refractivity contribution in [2.24, 2.45) is 0 Å². The molecule has 0 saturated heterocycles. The van der Waals surface area contributed by atoms with Crippen LogP contribution in [0.3, 0.4) is 0 Å². The van der Waals surface area contributed by atoms with Crippen molar-refractivity contribution in [3.8, 4) is 0 Å². The van der Waals surface area contributed by atoms with Crippen LogP contribution in [0.5, 0.6) is 0 Å². The molecule has 1 amide bonds. The van der Waals surface area contributed by atoms with E-state index in [-0.39, 0.29) is 24.9 Å². The first-order valence-electron chi connectivity index (χ1n) is 26.6. The summed E-state index contributed by atoms with van der Waals surface area (Å²) in [7, 11) is 0. The number of aliphatic hydroxyl groups excluding tert-OH is 2. The molecular formula is C56H101NO5. The summed E-state index contributed by atoms with van der Waals surface area (Å²) in [5.74, 6) is -0.512. The monoisotopic (exact) mass is 868 g/mol. The van der Waals surface area contributed by atoms with Crippen molar-refractivity contribution < 1.29 is 24.5 Å². The number of unbranched alkanes of at least 4 members (excludes halogenated alkanes) is 28. The van der Waals surface area contributed by atoms with Crippen molar-refractivity contribution >= 4 is 11.9 Å². The fraction of sp³-hybridized carbons (Fsp3) is 0.786. The molecule has 0 saturated carbocycles. The number of esters is 1. The Labute approximate surface area is 384 Å². The molecule has 3 atom stereocenters. The normalized spacial score (nSPS) is 13.7. The molecule has 0 aliphatic heterocycles. The van der Waals surface area contributed by atoms with Crippen LogP contribution in [0.15, 0.2) is 60.8 Å². The minimum Gasteiger partial charge on any atom is -0.462 e. The molecule has 360 valence electrons. The minimum atomic E-state index is -0.797. The number of aliphatic hydroxyl groups is 2. The van der Waals surface area contributed by atoms with Crippen LogP contribution in [-0.2, 0) is 14.3 Å². The van der Waals surface area contributed by atoms with Gasteiger partial charge in [-0.2, -0.15) is 0 Å². The molecule has 6 heteroatoms. The van der Waals surface area contributed by atoms with Gasteiger partial charge in [0.15, 0.2) is 0 Å². The van der Waals surface area contributed by atoms with Crippen molar-refractivity contribution in [3.05, 3.63) is 60.8 Å². The molecule has 0 aromatic carbocycles. The van der Waals surface area contributed by atoms with E-state index >= 15 is 0 Å². The summed E-state index contributed by atoms with van der Waals surface area (Å²) < 4.78 is 5.92. The van der Waals surface area contributed by atoms with Gasteiger partial charge >= 0.3 is 5.97 Å². The third kappa shape index (κ3) is 44.2. The zero-order chi connectivity index (χ0) is 45.2. The van der Waals surface area contributed by atoms with Gasteiger partial charge in [0.25, 0.3) is 0 Å². The van der Waals surface area contributed by atoms with Crippen molar-refractivity contribution in [2.45, 2.75) is 277 Å². The Morgan fingerprint density at radius 3 is 1.39 bits per heavy atom. The van der Waals surface area contributed by atoms with Crippen molar-refractivity contribution in [1.29, 1.82) is 0 Å². The third-order valence-electron chi connectivity index (χ3n) is 11.9. The number of rotatable bonds is 47. The quantitative estimate of drug-likeness (QED) is 0.0245. The first-order chi connectivity index (χ1) is 30.5. The zero-order valence-corrected chi connectivity index (χ0v) is 41.0. The van der Waals surface area contributed by atoms with Gasteiger partial charge in [-0.05, 0) is 70.6 Å². The van der Waals surface area contributed by atoms with Crippen molar-refractivity contribution in [2.75, 3.05) is 6.61 Å². The van der Waals surface area contributed by atoms with Crippen LogP contribution in [0.1, 0.15) is 258 Å². The SMILES string of the molecule is CC/C=C/C=C/C=C/C=C\CCCCCCCC(=O)OC(CCCCC/C=C/CCCCCCCCC)CC(=O)NC(CO)C(O)CCCCCCCCCCCCCCCC. The number of carbonyl (C=O) groups is 2. The highest BCUT2D eigenvalue weighted by molar-refractivity contribution is 5.77. The van der Waals surface area contributed by atoms with Gasteiger partial charge in [-0.25, -0.2) is 0 Å². The number of hydrogen-bond donors (Lipinski definition) is 3. The van der Waals surface area contributed by atoms with E-state index in [2.05, 4.69) is 68.6 Å². The predicted molar refractivity (Wildman–Crippen MR) is 268 cm³/mol. The Morgan fingerprint density at radius 1 is 0.484 bits per heavy atom. The Morgan fingerprint density at radius 2 is 0.887 bits per heavy atom. The maximum Gasteiger partial charge on any atom is 0.306 e. The molecule has 62 heavy (non-hydrogen) atoms. The van der Waals surface area contributed by atoms with E-state index in [1.54, 1.807) is 0 Å². The topological polar surface area (TPSA) is 95.9 Å². The van der Waals surface area contributed by atoms with Gasteiger partial charge in [0, 0.05) is 6.42 Å². The fourth-order valence-electron chi connectivity index (χ4n) is 7.91. The van der Waals surface area contributed by atoms with Crippen LogP contribution >= 0.6 is 0 Å². The minimum absolute atomic E-state index is 0.0566. The van der Waals surface area contributed by atoms with E-state index in [4.69, 9.17) is 4.74 Å². The lowest BCUT2D eigenvalue weighted by atomic mass is 10.0. The molecular weight excluding hydrogens is 767 g/mol. The maximum absolute atomic E-state index is 13.2. The van der Waals surface area contributed by atoms with Crippen LogP contribution in [0, 0.1) is 0 Å².